The van der Waals surface area contributed by atoms with Crippen molar-refractivity contribution in [2.75, 3.05) is 0 Å². The molecule has 0 fully saturated rings. The van der Waals surface area contributed by atoms with Gasteiger partial charge in [-0.05, 0) is 43.0 Å². The van der Waals surface area contributed by atoms with E-state index >= 15 is 0 Å². The first-order chi connectivity index (χ1) is 8.02. The molecule has 0 amide bonds. The third-order valence-corrected chi connectivity index (χ3v) is 3.96. The highest BCUT2D eigenvalue weighted by molar-refractivity contribution is 9.10. The fourth-order valence-electron chi connectivity index (χ4n) is 1.82. The van der Waals surface area contributed by atoms with Gasteiger partial charge in [0.25, 0.3) is 0 Å². The van der Waals surface area contributed by atoms with E-state index in [9.17, 15) is 0 Å². The van der Waals surface area contributed by atoms with E-state index in [1.807, 2.05) is 12.1 Å². The Morgan fingerprint density at radius 3 is 2.71 bits per heavy atom. The maximum Gasteiger partial charge on any atom is 0.0451 e. The van der Waals surface area contributed by atoms with Crippen LogP contribution in [0.15, 0.2) is 22.7 Å². The van der Waals surface area contributed by atoms with Crippen LogP contribution in [0.3, 0.4) is 0 Å². The Labute approximate surface area is 118 Å². The molecule has 96 valence electrons. The second-order valence-corrected chi connectivity index (χ2v) is 6.09. The average molecular weight is 319 g/mol. The summed E-state index contributed by atoms with van der Waals surface area (Å²) in [4.78, 5) is 0. The third-order valence-electron chi connectivity index (χ3n) is 3.10. The molecule has 1 nitrogen and oxygen atoms in total. The molecule has 0 radical (unpaired) electrons. The van der Waals surface area contributed by atoms with Crippen molar-refractivity contribution in [3.63, 3.8) is 0 Å². The first-order valence-electron chi connectivity index (χ1n) is 6.20. The van der Waals surface area contributed by atoms with Crippen molar-refractivity contribution in [1.82, 2.24) is 5.32 Å². The number of halogens is 2. The molecule has 2 atom stereocenters. The van der Waals surface area contributed by atoms with Crippen molar-refractivity contribution < 1.29 is 0 Å². The van der Waals surface area contributed by atoms with Crippen LogP contribution in [0.1, 0.15) is 39.2 Å². The molecule has 2 unspecified atom stereocenters. The Bertz CT molecular complexity index is 354. The first kappa shape index (κ1) is 15.0. The van der Waals surface area contributed by atoms with Crippen LogP contribution in [0.2, 0.25) is 5.02 Å². The molecule has 1 rings (SSSR count). The number of rotatable bonds is 6. The summed E-state index contributed by atoms with van der Waals surface area (Å²) in [6.07, 6.45) is 2.45. The minimum atomic E-state index is 0.528. The van der Waals surface area contributed by atoms with Crippen LogP contribution in [0, 0.1) is 5.92 Å². The van der Waals surface area contributed by atoms with E-state index in [4.69, 9.17) is 11.6 Å². The lowest BCUT2D eigenvalue weighted by atomic mass is 10.0. The molecule has 0 heterocycles. The highest BCUT2D eigenvalue weighted by atomic mass is 79.9. The SMILES string of the molecule is CCC(C)CC(C)NCc1cc(Br)ccc1Cl. The Hall–Kier alpha value is -0.0500. The monoisotopic (exact) mass is 317 g/mol. The number of hydrogen-bond acceptors (Lipinski definition) is 1. The Kier molecular flexibility index (Phi) is 6.53. The Morgan fingerprint density at radius 1 is 1.35 bits per heavy atom. The van der Waals surface area contributed by atoms with E-state index < -0.39 is 0 Å². The molecule has 0 saturated carbocycles. The van der Waals surface area contributed by atoms with Crippen molar-refractivity contribution >= 4 is 27.5 Å². The summed E-state index contributed by atoms with van der Waals surface area (Å²) in [7, 11) is 0. The van der Waals surface area contributed by atoms with Crippen LogP contribution < -0.4 is 5.32 Å². The van der Waals surface area contributed by atoms with Crippen LogP contribution in [0.5, 0.6) is 0 Å². The Balaban J connectivity index is 2.47. The zero-order valence-electron chi connectivity index (χ0n) is 10.8. The highest BCUT2D eigenvalue weighted by Crippen LogP contribution is 2.21. The lowest BCUT2D eigenvalue weighted by Crippen LogP contribution is -2.27. The molecule has 0 aliphatic carbocycles. The minimum absolute atomic E-state index is 0.528. The van der Waals surface area contributed by atoms with Crippen molar-refractivity contribution in [2.24, 2.45) is 5.92 Å². The predicted molar refractivity (Wildman–Crippen MR) is 79.5 cm³/mol. The smallest absolute Gasteiger partial charge is 0.0451 e. The van der Waals surface area contributed by atoms with Gasteiger partial charge in [-0.1, -0.05) is 47.8 Å². The number of nitrogens with one attached hydrogen (secondary N) is 1. The summed E-state index contributed by atoms with van der Waals surface area (Å²) >= 11 is 9.62. The van der Waals surface area contributed by atoms with Crippen molar-refractivity contribution in [3.05, 3.63) is 33.3 Å². The van der Waals surface area contributed by atoms with Gasteiger partial charge >= 0.3 is 0 Å². The van der Waals surface area contributed by atoms with Gasteiger partial charge in [-0.3, -0.25) is 0 Å². The van der Waals surface area contributed by atoms with Gasteiger partial charge < -0.3 is 5.32 Å². The van der Waals surface area contributed by atoms with E-state index in [1.54, 1.807) is 0 Å². The van der Waals surface area contributed by atoms with Crippen LogP contribution in [0.25, 0.3) is 0 Å². The molecule has 0 aromatic heterocycles. The topological polar surface area (TPSA) is 12.0 Å². The molecule has 1 aromatic rings. The molecule has 1 N–H and O–H groups in total. The molecule has 1 aromatic carbocycles. The van der Waals surface area contributed by atoms with Gasteiger partial charge in [0, 0.05) is 22.1 Å². The Morgan fingerprint density at radius 2 is 2.06 bits per heavy atom. The lowest BCUT2D eigenvalue weighted by molar-refractivity contribution is 0.412. The molecule has 0 aliphatic heterocycles. The predicted octanol–water partition coefficient (Wildman–Crippen LogP) is 5.02. The maximum absolute atomic E-state index is 6.15. The normalized spacial score (nSPS) is 14.6. The summed E-state index contributed by atoms with van der Waals surface area (Å²) in [6, 6.07) is 6.50. The largest absolute Gasteiger partial charge is 0.310 e. The third kappa shape index (κ3) is 5.41. The second kappa shape index (κ2) is 7.40. The van der Waals surface area contributed by atoms with E-state index in [0.29, 0.717) is 6.04 Å². The van der Waals surface area contributed by atoms with E-state index in [2.05, 4.69) is 48.1 Å². The van der Waals surface area contributed by atoms with Crippen molar-refractivity contribution in [3.8, 4) is 0 Å². The van der Waals surface area contributed by atoms with E-state index in [1.165, 1.54) is 12.8 Å². The second-order valence-electron chi connectivity index (χ2n) is 4.77. The fraction of sp³-hybridized carbons (Fsp3) is 0.571. The standard InChI is InChI=1S/C14H21BrClN/c1-4-10(2)7-11(3)17-9-12-8-13(15)5-6-14(12)16/h5-6,8,10-11,17H,4,7,9H2,1-3H3. The highest BCUT2D eigenvalue weighted by Gasteiger charge is 2.08. The number of benzene rings is 1. The minimum Gasteiger partial charge on any atom is -0.310 e. The molecule has 17 heavy (non-hydrogen) atoms. The molecule has 0 bridgehead atoms. The van der Waals surface area contributed by atoms with E-state index in [0.717, 1.165) is 27.5 Å². The van der Waals surface area contributed by atoms with Crippen LogP contribution in [0.4, 0.5) is 0 Å². The van der Waals surface area contributed by atoms with Crippen molar-refractivity contribution in [2.45, 2.75) is 46.2 Å². The van der Waals surface area contributed by atoms with Gasteiger partial charge in [-0.25, -0.2) is 0 Å². The quantitative estimate of drug-likeness (QED) is 0.777. The summed E-state index contributed by atoms with van der Waals surface area (Å²) in [5, 5.41) is 4.36. The fourth-order valence-corrected chi connectivity index (χ4v) is 2.41. The zero-order valence-corrected chi connectivity index (χ0v) is 13.1. The van der Waals surface area contributed by atoms with Crippen LogP contribution in [-0.2, 0) is 6.54 Å². The van der Waals surface area contributed by atoms with Gasteiger partial charge in [0.1, 0.15) is 0 Å². The molecule has 0 saturated heterocycles. The van der Waals surface area contributed by atoms with Crippen molar-refractivity contribution in [1.29, 1.82) is 0 Å². The van der Waals surface area contributed by atoms with Gasteiger partial charge in [0.05, 0.1) is 0 Å². The van der Waals surface area contributed by atoms with Gasteiger partial charge in [-0.2, -0.15) is 0 Å². The van der Waals surface area contributed by atoms with Gasteiger partial charge in [0.15, 0.2) is 0 Å². The van der Waals surface area contributed by atoms with Crippen LogP contribution >= 0.6 is 27.5 Å². The molecule has 0 spiro atoms. The van der Waals surface area contributed by atoms with E-state index in [-0.39, 0.29) is 0 Å². The summed E-state index contributed by atoms with van der Waals surface area (Å²) in [5.74, 6) is 0.774. The summed E-state index contributed by atoms with van der Waals surface area (Å²) in [5.41, 5.74) is 1.15. The van der Waals surface area contributed by atoms with Crippen LogP contribution in [-0.4, -0.2) is 6.04 Å². The number of hydrogen-bond donors (Lipinski definition) is 1. The average Bonchev–Trinajstić information content (AvgIpc) is 2.30. The van der Waals surface area contributed by atoms with Gasteiger partial charge in [-0.15, -0.1) is 0 Å². The molecule has 3 heteroatoms. The lowest BCUT2D eigenvalue weighted by Gasteiger charge is -2.18. The molecular formula is C14H21BrClN. The summed E-state index contributed by atoms with van der Waals surface area (Å²) < 4.78 is 1.08. The maximum atomic E-state index is 6.15. The first-order valence-corrected chi connectivity index (χ1v) is 7.37. The van der Waals surface area contributed by atoms with Gasteiger partial charge in [0.2, 0.25) is 0 Å². The zero-order chi connectivity index (χ0) is 12.8. The molecular weight excluding hydrogens is 298 g/mol. The molecule has 0 aliphatic rings. The summed E-state index contributed by atoms with van der Waals surface area (Å²) in [6.45, 7) is 7.60.